The van der Waals surface area contributed by atoms with Crippen molar-refractivity contribution < 1.29 is 0 Å². The van der Waals surface area contributed by atoms with Gasteiger partial charge < -0.3 is 0 Å². The van der Waals surface area contributed by atoms with Crippen molar-refractivity contribution in [2.45, 2.75) is 38.9 Å². The van der Waals surface area contributed by atoms with Crippen LogP contribution in [0.15, 0.2) is 30.3 Å². The molecule has 0 amide bonds. The molecule has 78 valence electrons. The standard InChI is InChI=1S/C12H22Si2/c1-4-14(5-2,6-3)13-12-10-8-7-9-11-12/h7-11H,4-6,13H2,1-3H3. The van der Waals surface area contributed by atoms with Crippen LogP contribution in [0.25, 0.3) is 0 Å². The van der Waals surface area contributed by atoms with Crippen LogP contribution in [0.2, 0.25) is 18.1 Å². The van der Waals surface area contributed by atoms with Crippen molar-refractivity contribution in [3.63, 3.8) is 0 Å². The van der Waals surface area contributed by atoms with Crippen molar-refractivity contribution in [1.82, 2.24) is 0 Å². The molecule has 0 nitrogen and oxygen atoms in total. The third kappa shape index (κ3) is 2.82. The number of rotatable bonds is 5. The third-order valence-electron chi connectivity index (χ3n) is 3.67. The van der Waals surface area contributed by atoms with E-state index in [1.54, 1.807) is 5.19 Å². The highest BCUT2D eigenvalue weighted by molar-refractivity contribution is 7.29. The van der Waals surface area contributed by atoms with Crippen LogP contribution in [0.4, 0.5) is 0 Å². The first-order chi connectivity index (χ1) is 6.76. The summed E-state index contributed by atoms with van der Waals surface area (Å²) in [4.78, 5) is 0. The van der Waals surface area contributed by atoms with Gasteiger partial charge in [0.15, 0.2) is 0 Å². The molecule has 1 rings (SSSR count). The first-order valence-electron chi connectivity index (χ1n) is 5.80. The Morgan fingerprint density at radius 2 is 1.43 bits per heavy atom. The van der Waals surface area contributed by atoms with E-state index in [9.17, 15) is 0 Å². The summed E-state index contributed by atoms with van der Waals surface area (Å²) in [5.74, 6) is 0. The Balaban J connectivity index is 2.74. The van der Waals surface area contributed by atoms with Crippen LogP contribution in [0.5, 0.6) is 0 Å². The Morgan fingerprint density at radius 1 is 0.929 bits per heavy atom. The molecule has 0 bridgehead atoms. The maximum atomic E-state index is 2.41. The molecule has 0 aliphatic rings. The third-order valence-corrected chi connectivity index (χ3v) is 17.8. The maximum absolute atomic E-state index is 2.41. The Labute approximate surface area is 91.4 Å². The van der Waals surface area contributed by atoms with Gasteiger partial charge in [0.1, 0.15) is 0 Å². The quantitative estimate of drug-likeness (QED) is 0.672. The lowest BCUT2D eigenvalue weighted by Crippen LogP contribution is -2.45. The molecule has 0 unspecified atom stereocenters. The largest absolute Gasteiger partial charge is 0.0695 e. The molecule has 0 atom stereocenters. The van der Waals surface area contributed by atoms with Crippen LogP contribution >= 0.6 is 0 Å². The van der Waals surface area contributed by atoms with Crippen molar-refractivity contribution in [3.05, 3.63) is 30.3 Å². The van der Waals surface area contributed by atoms with Crippen LogP contribution < -0.4 is 5.19 Å². The molecule has 0 saturated carbocycles. The Hall–Kier alpha value is -0.346. The summed E-state index contributed by atoms with van der Waals surface area (Å²) in [6, 6.07) is 15.7. The lowest BCUT2D eigenvalue weighted by Gasteiger charge is -2.27. The normalized spacial score (nSPS) is 12.5. The zero-order valence-corrected chi connectivity index (χ0v) is 12.1. The van der Waals surface area contributed by atoms with Crippen molar-refractivity contribution in [2.75, 3.05) is 0 Å². The van der Waals surface area contributed by atoms with Gasteiger partial charge in [0.25, 0.3) is 0 Å². The zero-order valence-electron chi connectivity index (χ0n) is 9.72. The molecule has 0 spiro atoms. The molecule has 1 aromatic carbocycles. The highest BCUT2D eigenvalue weighted by Crippen LogP contribution is 2.18. The Kier molecular flexibility index (Phi) is 4.62. The predicted molar refractivity (Wildman–Crippen MR) is 71.8 cm³/mol. The summed E-state index contributed by atoms with van der Waals surface area (Å²) in [5, 5.41) is 1.68. The van der Waals surface area contributed by atoms with Crippen LogP contribution in [-0.2, 0) is 0 Å². The van der Waals surface area contributed by atoms with Gasteiger partial charge in [0.05, 0.1) is 0 Å². The van der Waals surface area contributed by atoms with E-state index in [2.05, 4.69) is 51.1 Å². The minimum atomic E-state index is -0.819. The van der Waals surface area contributed by atoms with Gasteiger partial charge in [-0.05, 0) is 0 Å². The minimum absolute atomic E-state index is 0.0346. The van der Waals surface area contributed by atoms with Gasteiger partial charge in [-0.25, -0.2) is 0 Å². The molecule has 1 aromatic rings. The van der Waals surface area contributed by atoms with E-state index in [-0.39, 0.29) is 9.04 Å². The van der Waals surface area contributed by atoms with E-state index in [0.29, 0.717) is 0 Å². The SMILES string of the molecule is CC[Si](CC)(CC)[SiH2]c1ccccc1. The van der Waals surface area contributed by atoms with Gasteiger partial charge in [-0.3, -0.25) is 0 Å². The average molecular weight is 222 g/mol. The van der Waals surface area contributed by atoms with E-state index in [4.69, 9.17) is 0 Å². The Morgan fingerprint density at radius 3 is 1.86 bits per heavy atom. The second-order valence-corrected chi connectivity index (χ2v) is 16.1. The van der Waals surface area contributed by atoms with E-state index in [1.165, 1.54) is 18.1 Å². The minimum Gasteiger partial charge on any atom is -0.0695 e. The maximum Gasteiger partial charge on any atom is 0.0499 e. The molecule has 0 saturated heterocycles. The van der Waals surface area contributed by atoms with E-state index >= 15 is 0 Å². The van der Waals surface area contributed by atoms with Crippen molar-refractivity contribution >= 4 is 21.8 Å². The molecule has 0 heterocycles. The number of hydrogen-bond donors (Lipinski definition) is 0. The lowest BCUT2D eigenvalue weighted by atomic mass is 10.4. The average Bonchev–Trinajstić information content (AvgIpc) is 2.28. The first kappa shape index (κ1) is 11.7. The first-order valence-corrected chi connectivity index (χ1v) is 11.5. The highest BCUT2D eigenvalue weighted by Gasteiger charge is 2.26. The Bertz CT molecular complexity index is 244. The fourth-order valence-corrected chi connectivity index (χ4v) is 11.3. The van der Waals surface area contributed by atoms with Crippen LogP contribution in [-0.4, -0.2) is 16.6 Å². The fraction of sp³-hybridized carbons (Fsp3) is 0.500. The molecule has 0 aliphatic heterocycles. The topological polar surface area (TPSA) is 0 Å². The number of hydrogen-bond acceptors (Lipinski definition) is 0. The molecule has 0 aromatic heterocycles. The van der Waals surface area contributed by atoms with Gasteiger partial charge in [0.2, 0.25) is 0 Å². The van der Waals surface area contributed by atoms with Gasteiger partial charge in [-0.15, -0.1) is 0 Å². The molecular weight excluding hydrogens is 200 g/mol. The predicted octanol–water partition coefficient (Wildman–Crippen LogP) is 2.49. The fourth-order valence-electron chi connectivity index (χ4n) is 2.15. The summed E-state index contributed by atoms with van der Waals surface area (Å²) in [7, 11) is -0.785. The van der Waals surface area contributed by atoms with Crippen molar-refractivity contribution in [1.29, 1.82) is 0 Å². The summed E-state index contributed by atoms with van der Waals surface area (Å²) in [6.07, 6.45) is 0. The second kappa shape index (κ2) is 5.51. The van der Waals surface area contributed by atoms with Gasteiger partial charge in [-0.1, -0.05) is 74.4 Å². The lowest BCUT2D eigenvalue weighted by molar-refractivity contribution is 1.22. The molecule has 0 aliphatic carbocycles. The van der Waals surface area contributed by atoms with Gasteiger partial charge in [0, 0.05) is 16.6 Å². The molecule has 0 N–H and O–H groups in total. The van der Waals surface area contributed by atoms with Gasteiger partial charge in [-0.2, -0.15) is 0 Å². The molecule has 2 heteroatoms. The smallest absolute Gasteiger partial charge is 0.0499 e. The summed E-state index contributed by atoms with van der Waals surface area (Å²) in [5.41, 5.74) is 0. The summed E-state index contributed by atoms with van der Waals surface area (Å²) < 4.78 is 0. The molecular formula is C12H22Si2. The van der Waals surface area contributed by atoms with Crippen molar-refractivity contribution in [2.24, 2.45) is 0 Å². The van der Waals surface area contributed by atoms with E-state index in [1.807, 2.05) is 0 Å². The van der Waals surface area contributed by atoms with Crippen LogP contribution in [0.1, 0.15) is 20.8 Å². The second-order valence-electron chi connectivity index (χ2n) is 4.22. The van der Waals surface area contributed by atoms with Crippen molar-refractivity contribution in [3.8, 4) is 0 Å². The molecule has 14 heavy (non-hydrogen) atoms. The molecule has 0 radical (unpaired) electrons. The monoisotopic (exact) mass is 222 g/mol. The van der Waals surface area contributed by atoms with Gasteiger partial charge >= 0.3 is 0 Å². The zero-order chi connectivity index (χ0) is 10.4. The van der Waals surface area contributed by atoms with Crippen LogP contribution in [0.3, 0.4) is 0 Å². The molecule has 0 fully saturated rings. The highest BCUT2D eigenvalue weighted by atomic mass is 29.2. The van der Waals surface area contributed by atoms with Crippen LogP contribution in [0, 0.1) is 0 Å². The van der Waals surface area contributed by atoms with E-state index < -0.39 is 7.59 Å². The number of benzene rings is 1. The summed E-state index contributed by atoms with van der Waals surface area (Å²) in [6.45, 7) is 7.24. The summed E-state index contributed by atoms with van der Waals surface area (Å²) >= 11 is 0. The van der Waals surface area contributed by atoms with E-state index in [0.717, 1.165) is 0 Å².